The molecular weight excluding hydrogens is 168 g/mol. The number of rotatable bonds is 5. The molecule has 2 unspecified atom stereocenters. The van der Waals surface area contributed by atoms with Gasteiger partial charge in [-0.05, 0) is 11.8 Å². The van der Waals surface area contributed by atoms with E-state index >= 15 is 0 Å². The zero-order valence-corrected chi connectivity index (χ0v) is 8.65. The summed E-state index contributed by atoms with van der Waals surface area (Å²) >= 11 is 0. The number of carbonyl (C=O) groups is 2. The largest absolute Gasteiger partial charge is 0.481 e. The van der Waals surface area contributed by atoms with E-state index in [2.05, 4.69) is 0 Å². The summed E-state index contributed by atoms with van der Waals surface area (Å²) in [6.45, 7) is 7.41. The number of hydrogen-bond donors (Lipinski definition) is 1. The van der Waals surface area contributed by atoms with Crippen LogP contribution in [0.1, 0.15) is 27.7 Å². The van der Waals surface area contributed by atoms with Crippen molar-refractivity contribution in [3.63, 3.8) is 0 Å². The van der Waals surface area contributed by atoms with E-state index in [9.17, 15) is 9.59 Å². The highest BCUT2D eigenvalue weighted by molar-refractivity contribution is 5.75. The van der Waals surface area contributed by atoms with E-state index in [0.717, 1.165) is 6.29 Å². The first kappa shape index (κ1) is 12.1. The van der Waals surface area contributed by atoms with E-state index in [1.54, 1.807) is 0 Å². The normalized spacial score (nSPS) is 15.8. The molecule has 13 heavy (non-hydrogen) atoms. The molecule has 0 aromatic rings. The molecule has 0 aliphatic heterocycles. The van der Waals surface area contributed by atoms with Crippen LogP contribution in [0.15, 0.2) is 0 Å². The summed E-state index contributed by atoms with van der Waals surface area (Å²) in [4.78, 5) is 21.6. The van der Waals surface area contributed by atoms with Crippen molar-refractivity contribution in [2.45, 2.75) is 27.7 Å². The number of aliphatic carboxylic acids is 1. The highest BCUT2D eigenvalue weighted by Gasteiger charge is 2.32. The standard InChI is InChI=1S/C10H18O3/c1-6(2)8(5-11)9(7(3)4)10(12)13/h5-9H,1-4H3,(H,12,13). The van der Waals surface area contributed by atoms with E-state index in [4.69, 9.17) is 5.11 Å². The van der Waals surface area contributed by atoms with E-state index in [0.29, 0.717) is 0 Å². The van der Waals surface area contributed by atoms with Gasteiger partial charge in [-0.1, -0.05) is 27.7 Å². The summed E-state index contributed by atoms with van der Waals surface area (Å²) in [6, 6.07) is 0. The average Bonchev–Trinajstić information content (AvgIpc) is 1.97. The Morgan fingerprint density at radius 1 is 1.15 bits per heavy atom. The Hall–Kier alpha value is -0.860. The minimum Gasteiger partial charge on any atom is -0.481 e. The Morgan fingerprint density at radius 2 is 1.62 bits per heavy atom. The molecule has 0 heterocycles. The second-order valence-corrected chi connectivity index (χ2v) is 4.07. The van der Waals surface area contributed by atoms with Crippen molar-refractivity contribution in [2.75, 3.05) is 0 Å². The van der Waals surface area contributed by atoms with Crippen molar-refractivity contribution in [3.8, 4) is 0 Å². The van der Waals surface area contributed by atoms with Crippen molar-refractivity contribution < 1.29 is 14.7 Å². The Balaban J connectivity index is 4.69. The maximum absolute atomic E-state index is 10.9. The highest BCUT2D eigenvalue weighted by atomic mass is 16.4. The molecule has 3 heteroatoms. The van der Waals surface area contributed by atoms with Gasteiger partial charge < -0.3 is 9.90 Å². The monoisotopic (exact) mass is 186 g/mol. The third kappa shape index (κ3) is 3.17. The molecule has 0 aromatic heterocycles. The van der Waals surface area contributed by atoms with Gasteiger partial charge in [0.25, 0.3) is 0 Å². The van der Waals surface area contributed by atoms with Crippen LogP contribution in [0.4, 0.5) is 0 Å². The van der Waals surface area contributed by atoms with Gasteiger partial charge in [0, 0.05) is 5.92 Å². The molecule has 0 aliphatic carbocycles. The molecule has 1 N–H and O–H groups in total. The Bertz CT molecular complexity index is 185. The predicted octanol–water partition coefficient (Wildman–Crippen LogP) is 1.81. The van der Waals surface area contributed by atoms with Crippen molar-refractivity contribution >= 4 is 12.3 Å². The van der Waals surface area contributed by atoms with Gasteiger partial charge in [0.1, 0.15) is 6.29 Å². The van der Waals surface area contributed by atoms with Crippen molar-refractivity contribution in [1.29, 1.82) is 0 Å². The van der Waals surface area contributed by atoms with Crippen molar-refractivity contribution in [3.05, 3.63) is 0 Å². The summed E-state index contributed by atoms with van der Waals surface area (Å²) in [5, 5.41) is 8.94. The molecule has 0 aliphatic rings. The fourth-order valence-corrected chi connectivity index (χ4v) is 1.55. The second kappa shape index (κ2) is 5.00. The lowest BCUT2D eigenvalue weighted by atomic mass is 9.78. The Morgan fingerprint density at radius 3 is 1.69 bits per heavy atom. The molecule has 3 nitrogen and oxygen atoms in total. The van der Waals surface area contributed by atoms with Crippen LogP contribution in [-0.2, 0) is 9.59 Å². The maximum atomic E-state index is 10.9. The lowest BCUT2D eigenvalue weighted by molar-refractivity contribution is -0.148. The van der Waals surface area contributed by atoms with Gasteiger partial charge in [-0.15, -0.1) is 0 Å². The molecule has 0 radical (unpaired) electrons. The molecule has 0 rings (SSSR count). The number of aldehydes is 1. The topological polar surface area (TPSA) is 54.4 Å². The third-order valence-corrected chi connectivity index (χ3v) is 2.34. The van der Waals surface area contributed by atoms with Crippen molar-refractivity contribution in [1.82, 2.24) is 0 Å². The molecule has 76 valence electrons. The number of carbonyl (C=O) groups excluding carboxylic acids is 1. The van der Waals surface area contributed by atoms with Crippen LogP contribution in [0.25, 0.3) is 0 Å². The lowest BCUT2D eigenvalue weighted by Gasteiger charge is -2.25. The summed E-state index contributed by atoms with van der Waals surface area (Å²) in [6.07, 6.45) is 0.767. The zero-order valence-electron chi connectivity index (χ0n) is 8.65. The number of hydrogen-bond acceptors (Lipinski definition) is 2. The van der Waals surface area contributed by atoms with Crippen LogP contribution in [0.3, 0.4) is 0 Å². The van der Waals surface area contributed by atoms with Gasteiger partial charge in [-0.25, -0.2) is 0 Å². The second-order valence-electron chi connectivity index (χ2n) is 4.07. The first-order valence-electron chi connectivity index (χ1n) is 4.59. The van der Waals surface area contributed by atoms with E-state index in [1.165, 1.54) is 0 Å². The SMILES string of the molecule is CC(C)C(C=O)C(C(=O)O)C(C)C. The van der Waals surface area contributed by atoms with Crippen LogP contribution >= 0.6 is 0 Å². The van der Waals surface area contributed by atoms with Gasteiger partial charge in [0.05, 0.1) is 5.92 Å². The Kier molecular flexibility index (Phi) is 4.67. The molecular formula is C10H18O3. The van der Waals surface area contributed by atoms with Crippen LogP contribution in [0.2, 0.25) is 0 Å². The quantitative estimate of drug-likeness (QED) is 0.666. The molecule has 0 fully saturated rings. The minimum absolute atomic E-state index is 0.00454. The molecule has 2 atom stereocenters. The van der Waals surface area contributed by atoms with Gasteiger partial charge in [0.2, 0.25) is 0 Å². The highest BCUT2D eigenvalue weighted by Crippen LogP contribution is 2.25. The summed E-state index contributed by atoms with van der Waals surface area (Å²) in [5.41, 5.74) is 0. The molecule has 0 amide bonds. The molecule has 0 bridgehead atoms. The molecule has 0 aromatic carbocycles. The Labute approximate surface area is 79.1 Å². The van der Waals surface area contributed by atoms with Crippen LogP contribution in [0.5, 0.6) is 0 Å². The first-order chi connectivity index (χ1) is 5.91. The van der Waals surface area contributed by atoms with Crippen LogP contribution < -0.4 is 0 Å². The number of carboxylic acid groups (broad SMARTS) is 1. The smallest absolute Gasteiger partial charge is 0.307 e. The van der Waals surface area contributed by atoms with Crippen molar-refractivity contribution in [2.24, 2.45) is 23.7 Å². The maximum Gasteiger partial charge on any atom is 0.307 e. The van der Waals surface area contributed by atoms with Gasteiger partial charge in [0.15, 0.2) is 0 Å². The van der Waals surface area contributed by atoms with Crippen LogP contribution in [0, 0.1) is 23.7 Å². The zero-order chi connectivity index (χ0) is 10.6. The average molecular weight is 186 g/mol. The lowest BCUT2D eigenvalue weighted by Crippen LogP contribution is -2.32. The van der Waals surface area contributed by atoms with E-state index in [1.807, 2.05) is 27.7 Å². The van der Waals surface area contributed by atoms with Gasteiger partial charge in [-0.3, -0.25) is 4.79 Å². The van der Waals surface area contributed by atoms with Gasteiger partial charge >= 0.3 is 5.97 Å². The fourth-order valence-electron chi connectivity index (χ4n) is 1.55. The van der Waals surface area contributed by atoms with E-state index < -0.39 is 11.9 Å². The third-order valence-electron chi connectivity index (χ3n) is 2.34. The molecule has 0 spiro atoms. The fraction of sp³-hybridized carbons (Fsp3) is 0.800. The predicted molar refractivity (Wildman–Crippen MR) is 50.4 cm³/mol. The van der Waals surface area contributed by atoms with Crippen LogP contribution in [-0.4, -0.2) is 17.4 Å². The summed E-state index contributed by atoms with van der Waals surface area (Å²) < 4.78 is 0. The van der Waals surface area contributed by atoms with E-state index in [-0.39, 0.29) is 17.8 Å². The molecule has 0 saturated heterocycles. The summed E-state index contributed by atoms with van der Waals surface area (Å²) in [7, 11) is 0. The first-order valence-corrected chi connectivity index (χ1v) is 4.59. The van der Waals surface area contributed by atoms with Gasteiger partial charge in [-0.2, -0.15) is 0 Å². The molecule has 0 saturated carbocycles. The summed E-state index contributed by atoms with van der Waals surface area (Å²) in [5.74, 6) is -1.73. The minimum atomic E-state index is -0.874. The number of carboxylic acids is 1.